The Kier molecular flexibility index (Phi) is 4.01. The molecule has 1 aromatic heterocycles. The molecule has 0 radical (unpaired) electrons. The van der Waals surface area contributed by atoms with Gasteiger partial charge in [-0.3, -0.25) is 0 Å². The Morgan fingerprint density at radius 2 is 2.38 bits per heavy atom. The normalized spacial score (nSPS) is 18.0. The van der Waals surface area contributed by atoms with Gasteiger partial charge >= 0.3 is 0 Å². The van der Waals surface area contributed by atoms with Crippen LogP contribution in [0, 0.1) is 5.92 Å². The van der Waals surface area contributed by atoms with Crippen molar-refractivity contribution < 1.29 is 9.47 Å². The first-order valence-electron chi connectivity index (χ1n) is 7.06. The predicted molar refractivity (Wildman–Crippen MR) is 77.8 cm³/mol. The smallest absolute Gasteiger partial charge is 0.185 e. The Bertz CT molecular complexity index is 607. The quantitative estimate of drug-likeness (QED) is 0.836. The first kappa shape index (κ1) is 13.8. The number of nitrogen functional groups attached to an aromatic ring is 1. The molecule has 1 unspecified atom stereocenters. The van der Waals surface area contributed by atoms with Gasteiger partial charge in [0.05, 0.1) is 18.4 Å². The lowest BCUT2D eigenvalue weighted by atomic mass is 10.1. The number of hydrogen-bond donors (Lipinski definition) is 1. The summed E-state index contributed by atoms with van der Waals surface area (Å²) >= 11 is 0. The maximum atomic E-state index is 5.94. The Hall–Kier alpha value is -2.15. The predicted octanol–water partition coefficient (Wildman–Crippen LogP) is 1.36. The Labute approximate surface area is 123 Å². The van der Waals surface area contributed by atoms with Crippen molar-refractivity contribution in [2.45, 2.75) is 19.4 Å². The van der Waals surface area contributed by atoms with Crippen LogP contribution in [0.4, 0.5) is 5.69 Å². The van der Waals surface area contributed by atoms with Gasteiger partial charge in [0.15, 0.2) is 11.6 Å². The van der Waals surface area contributed by atoms with Crippen LogP contribution in [-0.4, -0.2) is 40.5 Å². The molecule has 1 aliphatic heterocycles. The van der Waals surface area contributed by atoms with Gasteiger partial charge in [-0.1, -0.05) is 6.07 Å². The molecule has 0 bridgehead atoms. The molecule has 3 rings (SSSR count). The van der Waals surface area contributed by atoms with Crippen molar-refractivity contribution in [3.63, 3.8) is 0 Å². The zero-order chi connectivity index (χ0) is 14.7. The van der Waals surface area contributed by atoms with Crippen LogP contribution in [0.2, 0.25) is 0 Å². The van der Waals surface area contributed by atoms with E-state index in [4.69, 9.17) is 15.2 Å². The summed E-state index contributed by atoms with van der Waals surface area (Å²) in [5.74, 6) is 1.88. The second kappa shape index (κ2) is 6.09. The summed E-state index contributed by atoms with van der Waals surface area (Å²) in [5.41, 5.74) is 7.33. The third-order valence-electron chi connectivity index (χ3n) is 3.80. The summed E-state index contributed by atoms with van der Waals surface area (Å²) in [5, 5.41) is 12.0. The van der Waals surface area contributed by atoms with Crippen molar-refractivity contribution >= 4 is 5.69 Å². The minimum atomic E-state index is 0.578. The molecule has 1 fully saturated rings. The summed E-state index contributed by atoms with van der Waals surface area (Å²) in [6, 6.07) is 5.58. The third-order valence-corrected chi connectivity index (χ3v) is 3.80. The van der Waals surface area contributed by atoms with Gasteiger partial charge in [-0.05, 0) is 41.3 Å². The average molecular weight is 289 g/mol. The van der Waals surface area contributed by atoms with Gasteiger partial charge in [-0.25, -0.2) is 4.68 Å². The number of aromatic nitrogens is 4. The van der Waals surface area contributed by atoms with E-state index >= 15 is 0 Å². The molecule has 7 heteroatoms. The van der Waals surface area contributed by atoms with Crippen LogP contribution in [-0.2, 0) is 11.3 Å². The molecule has 0 saturated carbocycles. The SMILES string of the molecule is COc1c(N)cccc1-c1nnnn1CCC1CCOC1. The van der Waals surface area contributed by atoms with E-state index in [-0.39, 0.29) is 0 Å². The third kappa shape index (κ3) is 2.82. The molecule has 21 heavy (non-hydrogen) atoms. The van der Waals surface area contributed by atoms with Gasteiger partial charge in [-0.15, -0.1) is 5.10 Å². The summed E-state index contributed by atoms with van der Waals surface area (Å²) in [7, 11) is 1.60. The fourth-order valence-corrected chi connectivity index (χ4v) is 2.62. The molecule has 0 aliphatic carbocycles. The molecule has 2 N–H and O–H groups in total. The molecule has 1 atom stereocenters. The molecule has 0 amide bonds. The first-order valence-corrected chi connectivity index (χ1v) is 7.06. The zero-order valence-corrected chi connectivity index (χ0v) is 12.0. The van der Waals surface area contributed by atoms with Gasteiger partial charge in [0.2, 0.25) is 0 Å². The van der Waals surface area contributed by atoms with Gasteiger partial charge in [0, 0.05) is 19.8 Å². The van der Waals surface area contributed by atoms with E-state index in [0.29, 0.717) is 23.2 Å². The number of tetrazole rings is 1. The molecule has 7 nitrogen and oxygen atoms in total. The molecular weight excluding hydrogens is 270 g/mol. The number of ether oxygens (including phenoxy) is 2. The van der Waals surface area contributed by atoms with Gasteiger partial charge in [-0.2, -0.15) is 0 Å². The van der Waals surface area contributed by atoms with Crippen molar-refractivity contribution in [1.82, 2.24) is 20.2 Å². The molecule has 2 heterocycles. The van der Waals surface area contributed by atoms with Crippen LogP contribution in [0.1, 0.15) is 12.8 Å². The second-order valence-electron chi connectivity index (χ2n) is 5.17. The van der Waals surface area contributed by atoms with Crippen molar-refractivity contribution in [2.75, 3.05) is 26.1 Å². The second-order valence-corrected chi connectivity index (χ2v) is 5.17. The zero-order valence-electron chi connectivity index (χ0n) is 12.0. The molecule has 112 valence electrons. The van der Waals surface area contributed by atoms with Crippen molar-refractivity contribution in [3.05, 3.63) is 18.2 Å². The summed E-state index contributed by atoms with van der Waals surface area (Å²) in [6.07, 6.45) is 2.11. The van der Waals surface area contributed by atoms with Gasteiger partial charge < -0.3 is 15.2 Å². The largest absolute Gasteiger partial charge is 0.494 e. The van der Waals surface area contributed by atoms with E-state index in [1.54, 1.807) is 17.9 Å². The number of nitrogens with zero attached hydrogens (tertiary/aromatic N) is 4. The fraction of sp³-hybridized carbons (Fsp3) is 0.500. The maximum absolute atomic E-state index is 5.94. The number of para-hydroxylation sites is 1. The van der Waals surface area contributed by atoms with Crippen LogP contribution in [0.5, 0.6) is 5.75 Å². The van der Waals surface area contributed by atoms with Gasteiger partial charge in [0.25, 0.3) is 0 Å². The van der Waals surface area contributed by atoms with Crippen molar-refractivity contribution in [3.8, 4) is 17.1 Å². The molecular formula is C14H19N5O2. The van der Waals surface area contributed by atoms with Crippen LogP contribution in [0.15, 0.2) is 18.2 Å². The van der Waals surface area contributed by atoms with E-state index < -0.39 is 0 Å². The van der Waals surface area contributed by atoms with Crippen molar-refractivity contribution in [2.24, 2.45) is 5.92 Å². The van der Waals surface area contributed by atoms with Crippen LogP contribution in [0.3, 0.4) is 0 Å². The monoisotopic (exact) mass is 289 g/mol. The van der Waals surface area contributed by atoms with Crippen LogP contribution < -0.4 is 10.5 Å². The minimum Gasteiger partial charge on any atom is -0.494 e. The number of methoxy groups -OCH3 is 1. The maximum Gasteiger partial charge on any atom is 0.185 e. The van der Waals surface area contributed by atoms with E-state index in [2.05, 4.69) is 15.5 Å². The molecule has 2 aromatic rings. The van der Waals surface area contributed by atoms with Crippen LogP contribution in [0.25, 0.3) is 11.4 Å². The molecule has 1 aromatic carbocycles. The lowest BCUT2D eigenvalue weighted by Gasteiger charge is -2.12. The number of anilines is 1. The minimum absolute atomic E-state index is 0.578. The van der Waals surface area contributed by atoms with Crippen LogP contribution >= 0.6 is 0 Å². The molecule has 0 spiro atoms. The number of aryl methyl sites for hydroxylation is 1. The van der Waals surface area contributed by atoms with E-state index in [1.165, 1.54) is 0 Å². The summed E-state index contributed by atoms with van der Waals surface area (Å²) < 4.78 is 12.6. The summed E-state index contributed by atoms with van der Waals surface area (Å²) in [4.78, 5) is 0. The molecule has 1 aliphatic rings. The Balaban J connectivity index is 1.83. The Morgan fingerprint density at radius 3 is 3.14 bits per heavy atom. The topological polar surface area (TPSA) is 88.1 Å². The highest BCUT2D eigenvalue weighted by Gasteiger charge is 2.19. The van der Waals surface area contributed by atoms with Crippen molar-refractivity contribution in [1.29, 1.82) is 0 Å². The number of hydrogen-bond acceptors (Lipinski definition) is 6. The highest BCUT2D eigenvalue weighted by molar-refractivity contribution is 5.73. The van der Waals surface area contributed by atoms with E-state index in [9.17, 15) is 0 Å². The number of benzene rings is 1. The Morgan fingerprint density at radius 1 is 1.48 bits per heavy atom. The highest BCUT2D eigenvalue weighted by atomic mass is 16.5. The van der Waals surface area contributed by atoms with E-state index in [0.717, 1.165) is 38.2 Å². The lowest BCUT2D eigenvalue weighted by molar-refractivity contribution is 0.183. The number of rotatable bonds is 5. The first-order chi connectivity index (χ1) is 10.3. The average Bonchev–Trinajstić information content (AvgIpc) is 3.16. The number of nitrogens with two attached hydrogens (primary N) is 1. The highest BCUT2D eigenvalue weighted by Crippen LogP contribution is 2.33. The lowest BCUT2D eigenvalue weighted by Crippen LogP contribution is -2.09. The standard InChI is InChI=1S/C14H19N5O2/c1-20-13-11(3-2-4-12(13)15)14-16-17-18-19(14)7-5-10-6-8-21-9-10/h2-4,10H,5-9,15H2,1H3. The fourth-order valence-electron chi connectivity index (χ4n) is 2.62. The molecule has 1 saturated heterocycles. The summed E-state index contributed by atoms with van der Waals surface area (Å²) in [6.45, 7) is 2.45. The van der Waals surface area contributed by atoms with Gasteiger partial charge in [0.1, 0.15) is 0 Å². The van der Waals surface area contributed by atoms with E-state index in [1.807, 2.05) is 12.1 Å².